The van der Waals surface area contributed by atoms with Crippen molar-refractivity contribution in [3.63, 3.8) is 0 Å². The van der Waals surface area contributed by atoms with Crippen molar-refractivity contribution in [2.24, 2.45) is 5.92 Å². The Hall–Kier alpha value is -1.07. The largest absolute Gasteiger partial charge is 0.396 e. The molecule has 94 valence electrons. The molecule has 0 aromatic heterocycles. The molecule has 0 bridgehead atoms. The van der Waals surface area contributed by atoms with Gasteiger partial charge in [-0.1, -0.05) is 19.1 Å². The van der Waals surface area contributed by atoms with Gasteiger partial charge in [0, 0.05) is 24.0 Å². The highest BCUT2D eigenvalue weighted by Gasteiger charge is 2.12. The number of hydrogen-bond acceptors (Lipinski definition) is 4. The summed E-state index contributed by atoms with van der Waals surface area (Å²) >= 11 is 1.70. The molecular formula is C12H17NO3S. The van der Waals surface area contributed by atoms with E-state index in [0.29, 0.717) is 0 Å². The van der Waals surface area contributed by atoms with Crippen LogP contribution in [0.1, 0.15) is 24.7 Å². The normalized spacial score (nSPS) is 14.3. The summed E-state index contributed by atoms with van der Waals surface area (Å²) < 4.78 is 0. The molecule has 1 N–H and O–H groups in total. The van der Waals surface area contributed by atoms with Crippen LogP contribution >= 0.6 is 11.8 Å². The van der Waals surface area contributed by atoms with E-state index < -0.39 is 0 Å². The highest BCUT2D eigenvalue weighted by molar-refractivity contribution is 7.99. The van der Waals surface area contributed by atoms with Gasteiger partial charge in [0.1, 0.15) is 0 Å². The van der Waals surface area contributed by atoms with Gasteiger partial charge in [0.2, 0.25) is 0 Å². The second-order valence-corrected chi connectivity index (χ2v) is 5.49. The molecule has 1 aromatic rings. The Kier molecular flexibility index (Phi) is 5.44. The predicted molar refractivity (Wildman–Crippen MR) is 70.2 cm³/mol. The lowest BCUT2D eigenvalue weighted by Crippen LogP contribution is -2.04. The molecule has 4 nitrogen and oxygen atoms in total. The lowest BCUT2D eigenvalue weighted by Gasteiger charge is -2.14. The summed E-state index contributed by atoms with van der Waals surface area (Å²) in [5, 5.41) is 19.8. The van der Waals surface area contributed by atoms with Crippen molar-refractivity contribution in [2.75, 3.05) is 12.4 Å². The summed E-state index contributed by atoms with van der Waals surface area (Å²) in [6.07, 6.45) is 0. The summed E-state index contributed by atoms with van der Waals surface area (Å²) in [4.78, 5) is 10.3. The van der Waals surface area contributed by atoms with Crippen LogP contribution in [0.4, 0.5) is 5.69 Å². The number of aliphatic hydroxyl groups excluding tert-OH is 1. The number of thioether (sulfide) groups is 1. The monoisotopic (exact) mass is 255 g/mol. The SMILES string of the molecule is CC(CO)CSC(C)c1cccc([N+](=O)[O-])c1. The number of benzene rings is 1. The lowest BCUT2D eigenvalue weighted by atomic mass is 10.1. The van der Waals surface area contributed by atoms with Gasteiger partial charge in [-0.3, -0.25) is 10.1 Å². The van der Waals surface area contributed by atoms with Crippen molar-refractivity contribution in [1.29, 1.82) is 0 Å². The van der Waals surface area contributed by atoms with Crippen molar-refractivity contribution in [2.45, 2.75) is 19.1 Å². The summed E-state index contributed by atoms with van der Waals surface area (Å²) in [6, 6.07) is 6.72. The van der Waals surface area contributed by atoms with E-state index >= 15 is 0 Å². The van der Waals surface area contributed by atoms with E-state index in [9.17, 15) is 10.1 Å². The van der Waals surface area contributed by atoms with Crippen molar-refractivity contribution in [3.05, 3.63) is 39.9 Å². The van der Waals surface area contributed by atoms with Gasteiger partial charge in [-0.15, -0.1) is 0 Å². The second kappa shape index (κ2) is 6.61. The lowest BCUT2D eigenvalue weighted by molar-refractivity contribution is -0.384. The molecule has 0 aliphatic rings. The first kappa shape index (κ1) is 14.0. The third kappa shape index (κ3) is 4.36. The fourth-order valence-electron chi connectivity index (χ4n) is 1.35. The number of nitro benzene ring substituents is 1. The zero-order valence-corrected chi connectivity index (χ0v) is 10.8. The molecule has 2 unspecified atom stereocenters. The zero-order chi connectivity index (χ0) is 12.8. The van der Waals surface area contributed by atoms with Crippen LogP contribution in [-0.4, -0.2) is 22.4 Å². The minimum atomic E-state index is -0.378. The van der Waals surface area contributed by atoms with Crippen LogP contribution < -0.4 is 0 Å². The fourth-order valence-corrected chi connectivity index (χ4v) is 2.41. The molecule has 2 atom stereocenters. The molecule has 1 rings (SSSR count). The maximum Gasteiger partial charge on any atom is 0.269 e. The summed E-state index contributed by atoms with van der Waals surface area (Å²) in [5.74, 6) is 1.10. The quantitative estimate of drug-likeness (QED) is 0.627. The average molecular weight is 255 g/mol. The fraction of sp³-hybridized carbons (Fsp3) is 0.500. The first-order chi connectivity index (χ1) is 8.04. The number of hydrogen-bond donors (Lipinski definition) is 1. The molecule has 0 heterocycles. The Morgan fingerprint density at radius 3 is 2.76 bits per heavy atom. The Balaban J connectivity index is 2.65. The summed E-state index contributed by atoms with van der Waals surface area (Å²) in [6.45, 7) is 4.18. The molecule has 0 radical (unpaired) electrons. The smallest absolute Gasteiger partial charge is 0.269 e. The molecule has 0 aliphatic carbocycles. The number of rotatable bonds is 6. The van der Waals surface area contributed by atoms with Gasteiger partial charge in [0.25, 0.3) is 5.69 Å². The number of nitro groups is 1. The van der Waals surface area contributed by atoms with Crippen molar-refractivity contribution in [3.8, 4) is 0 Å². The van der Waals surface area contributed by atoms with Crippen molar-refractivity contribution in [1.82, 2.24) is 0 Å². The van der Waals surface area contributed by atoms with Crippen LogP contribution in [0.2, 0.25) is 0 Å². The maximum atomic E-state index is 10.7. The molecule has 17 heavy (non-hydrogen) atoms. The van der Waals surface area contributed by atoms with Crippen molar-refractivity contribution >= 4 is 17.4 Å². The minimum absolute atomic E-state index is 0.130. The van der Waals surface area contributed by atoms with E-state index in [4.69, 9.17) is 5.11 Å². The number of aliphatic hydroxyl groups is 1. The maximum absolute atomic E-state index is 10.7. The van der Waals surface area contributed by atoms with Gasteiger partial charge >= 0.3 is 0 Å². The van der Waals surface area contributed by atoms with Gasteiger partial charge in [0.05, 0.1) is 4.92 Å². The van der Waals surface area contributed by atoms with Crippen LogP contribution in [-0.2, 0) is 0 Å². The number of non-ortho nitro benzene ring substituents is 1. The third-order valence-corrected chi connectivity index (χ3v) is 4.03. The van der Waals surface area contributed by atoms with Gasteiger partial charge in [-0.2, -0.15) is 11.8 Å². The Morgan fingerprint density at radius 2 is 2.18 bits per heavy atom. The average Bonchev–Trinajstić information content (AvgIpc) is 2.35. The third-order valence-electron chi connectivity index (χ3n) is 2.49. The standard InChI is InChI=1S/C12H17NO3S/c1-9(7-14)8-17-10(2)11-4-3-5-12(6-11)13(15)16/h3-6,9-10,14H,7-8H2,1-2H3. The van der Waals surface area contributed by atoms with E-state index in [2.05, 4.69) is 0 Å². The highest BCUT2D eigenvalue weighted by Crippen LogP contribution is 2.31. The van der Waals surface area contributed by atoms with Gasteiger partial charge in [-0.05, 0) is 24.2 Å². The first-order valence-electron chi connectivity index (χ1n) is 5.51. The Bertz CT molecular complexity index is 384. The van der Waals surface area contributed by atoms with Gasteiger partial charge in [0.15, 0.2) is 0 Å². The van der Waals surface area contributed by atoms with E-state index in [1.54, 1.807) is 23.9 Å². The first-order valence-corrected chi connectivity index (χ1v) is 6.56. The molecule has 0 fully saturated rings. The second-order valence-electron chi connectivity index (χ2n) is 4.12. The van der Waals surface area contributed by atoms with Crippen LogP contribution in [0.15, 0.2) is 24.3 Å². The van der Waals surface area contributed by atoms with Crippen LogP contribution in [0.25, 0.3) is 0 Å². The van der Waals surface area contributed by atoms with E-state index in [0.717, 1.165) is 11.3 Å². The topological polar surface area (TPSA) is 63.4 Å². The molecule has 0 saturated heterocycles. The van der Waals surface area contributed by atoms with E-state index in [1.165, 1.54) is 6.07 Å². The minimum Gasteiger partial charge on any atom is -0.396 e. The highest BCUT2D eigenvalue weighted by atomic mass is 32.2. The molecule has 0 spiro atoms. The van der Waals surface area contributed by atoms with E-state index in [1.807, 2.05) is 19.9 Å². The molecule has 1 aromatic carbocycles. The molecule has 5 heteroatoms. The summed E-state index contributed by atoms with van der Waals surface area (Å²) in [5.41, 5.74) is 1.08. The van der Waals surface area contributed by atoms with Crippen LogP contribution in [0.5, 0.6) is 0 Å². The van der Waals surface area contributed by atoms with Crippen LogP contribution in [0.3, 0.4) is 0 Å². The predicted octanol–water partition coefficient (Wildman–Crippen LogP) is 3.02. The van der Waals surface area contributed by atoms with Crippen LogP contribution in [0, 0.1) is 16.0 Å². The van der Waals surface area contributed by atoms with E-state index in [-0.39, 0.29) is 28.4 Å². The Morgan fingerprint density at radius 1 is 1.47 bits per heavy atom. The molecular weight excluding hydrogens is 238 g/mol. The molecule has 0 amide bonds. The Labute approximate surface area is 105 Å². The van der Waals surface area contributed by atoms with Gasteiger partial charge in [-0.25, -0.2) is 0 Å². The van der Waals surface area contributed by atoms with Gasteiger partial charge < -0.3 is 5.11 Å². The zero-order valence-electron chi connectivity index (χ0n) is 10.00. The van der Waals surface area contributed by atoms with Crippen molar-refractivity contribution < 1.29 is 10.0 Å². The number of nitrogens with zero attached hydrogens (tertiary/aromatic N) is 1. The molecule has 0 saturated carbocycles. The molecule has 0 aliphatic heterocycles. The summed E-state index contributed by atoms with van der Waals surface area (Å²) in [7, 11) is 0.